The summed E-state index contributed by atoms with van der Waals surface area (Å²) in [6.45, 7) is 0. The zero-order valence-corrected chi connectivity index (χ0v) is 10.4. The number of benzene rings is 1. The van der Waals surface area contributed by atoms with Crippen molar-refractivity contribution in [1.29, 1.82) is 0 Å². The van der Waals surface area contributed by atoms with Crippen LogP contribution in [0, 0.1) is 0 Å². The van der Waals surface area contributed by atoms with Crippen molar-refractivity contribution in [3.63, 3.8) is 0 Å². The lowest BCUT2D eigenvalue weighted by molar-refractivity contribution is -0.118. The highest BCUT2D eigenvalue weighted by atomic mass is 79.9. The highest BCUT2D eigenvalue weighted by molar-refractivity contribution is 9.09. The molecule has 1 aromatic carbocycles. The van der Waals surface area contributed by atoms with Crippen LogP contribution in [0.1, 0.15) is 11.6 Å². The number of alkyl carbamates (subject to hydrolysis) is 1. The Morgan fingerprint density at radius 1 is 1.38 bits per heavy atom. The van der Waals surface area contributed by atoms with Gasteiger partial charge in [-0.3, -0.25) is 4.79 Å². The van der Waals surface area contributed by atoms with Gasteiger partial charge in [0.15, 0.2) is 5.78 Å². The van der Waals surface area contributed by atoms with Gasteiger partial charge >= 0.3 is 6.09 Å². The minimum Gasteiger partial charge on any atom is -0.453 e. The van der Waals surface area contributed by atoms with E-state index in [-0.39, 0.29) is 11.1 Å². The summed E-state index contributed by atoms with van der Waals surface area (Å²) in [5, 5.41) is 2.67. The Hall–Kier alpha value is -1.36. The number of Topliss-reactive ketones (excluding diaryl/α,β-unsaturated/α-hetero) is 1. The summed E-state index contributed by atoms with van der Waals surface area (Å²) in [6, 6.07) is 8.35. The van der Waals surface area contributed by atoms with Gasteiger partial charge < -0.3 is 10.1 Å². The minimum absolute atomic E-state index is 0.128. The van der Waals surface area contributed by atoms with Gasteiger partial charge in [0, 0.05) is 0 Å². The quantitative estimate of drug-likeness (QED) is 0.862. The zero-order chi connectivity index (χ0) is 12.0. The minimum atomic E-state index is -0.673. The van der Waals surface area contributed by atoms with Crippen molar-refractivity contribution in [1.82, 2.24) is 5.32 Å². The largest absolute Gasteiger partial charge is 0.453 e. The first-order valence-electron chi connectivity index (χ1n) is 4.67. The van der Waals surface area contributed by atoms with Gasteiger partial charge in [-0.15, -0.1) is 0 Å². The number of rotatable bonds is 4. The van der Waals surface area contributed by atoms with Crippen LogP contribution in [-0.4, -0.2) is 24.3 Å². The van der Waals surface area contributed by atoms with Gasteiger partial charge in [-0.25, -0.2) is 4.79 Å². The second kappa shape index (κ2) is 6.27. The van der Waals surface area contributed by atoms with Crippen molar-refractivity contribution in [2.75, 3.05) is 12.4 Å². The second-order valence-electron chi connectivity index (χ2n) is 3.08. The number of halogens is 1. The van der Waals surface area contributed by atoms with Crippen molar-refractivity contribution in [2.45, 2.75) is 6.04 Å². The molecule has 0 fully saturated rings. The summed E-state index contributed by atoms with van der Waals surface area (Å²) < 4.78 is 4.48. The molecule has 0 spiro atoms. The van der Waals surface area contributed by atoms with Crippen LogP contribution >= 0.6 is 15.9 Å². The van der Waals surface area contributed by atoms with Crippen molar-refractivity contribution in [3.05, 3.63) is 35.9 Å². The number of hydrogen-bond acceptors (Lipinski definition) is 3. The molecule has 0 aromatic heterocycles. The van der Waals surface area contributed by atoms with Crippen LogP contribution in [0.25, 0.3) is 0 Å². The van der Waals surface area contributed by atoms with Crippen molar-refractivity contribution < 1.29 is 14.3 Å². The Morgan fingerprint density at radius 2 is 2.00 bits per heavy atom. The molecule has 1 N–H and O–H groups in total. The summed E-state index contributed by atoms with van der Waals surface area (Å²) in [4.78, 5) is 22.8. The average Bonchev–Trinajstić information content (AvgIpc) is 2.35. The summed E-state index contributed by atoms with van der Waals surface area (Å²) in [7, 11) is 1.26. The molecule has 0 saturated heterocycles. The van der Waals surface area contributed by atoms with Gasteiger partial charge in [0.1, 0.15) is 6.04 Å². The van der Waals surface area contributed by atoms with E-state index in [1.807, 2.05) is 18.2 Å². The molecule has 1 atom stereocenters. The number of ether oxygens (including phenoxy) is 1. The summed E-state index contributed by atoms with van der Waals surface area (Å²) in [5.74, 6) is -0.128. The molecule has 0 bridgehead atoms. The first-order valence-corrected chi connectivity index (χ1v) is 5.79. The fourth-order valence-electron chi connectivity index (χ4n) is 1.25. The highest BCUT2D eigenvalue weighted by Crippen LogP contribution is 2.14. The smallest absolute Gasteiger partial charge is 0.407 e. The third kappa shape index (κ3) is 3.34. The van der Waals surface area contributed by atoms with Crippen molar-refractivity contribution in [3.8, 4) is 0 Å². The van der Waals surface area contributed by atoms with Gasteiger partial charge in [0.25, 0.3) is 0 Å². The zero-order valence-electron chi connectivity index (χ0n) is 8.77. The Bertz CT molecular complexity index is 367. The number of ketones is 1. The van der Waals surface area contributed by atoms with E-state index in [2.05, 4.69) is 26.0 Å². The van der Waals surface area contributed by atoms with Crippen LogP contribution in [0.5, 0.6) is 0 Å². The standard InChI is InChI=1S/C11H12BrNO3/c1-16-11(15)13-10(9(14)7-12)8-5-3-2-4-6-8/h2-6,10H,7H2,1H3,(H,13,15). The van der Waals surface area contributed by atoms with Crippen LogP contribution in [0.15, 0.2) is 30.3 Å². The fraction of sp³-hybridized carbons (Fsp3) is 0.273. The summed E-state index contributed by atoms with van der Waals surface area (Å²) in [6.07, 6.45) is -0.622. The van der Waals surface area contributed by atoms with Gasteiger partial charge in [-0.1, -0.05) is 46.3 Å². The maximum Gasteiger partial charge on any atom is 0.407 e. The number of carbonyl (C=O) groups excluding carboxylic acids is 2. The molecular formula is C11H12BrNO3. The molecule has 0 saturated carbocycles. The molecule has 5 heteroatoms. The SMILES string of the molecule is COC(=O)NC(C(=O)CBr)c1ccccc1. The maximum atomic E-state index is 11.6. The van der Waals surface area contributed by atoms with Crippen LogP contribution < -0.4 is 5.32 Å². The van der Waals surface area contributed by atoms with E-state index in [4.69, 9.17) is 0 Å². The molecule has 16 heavy (non-hydrogen) atoms. The van der Waals surface area contributed by atoms with Crippen LogP contribution in [0.4, 0.5) is 4.79 Å². The Labute approximate surface area is 102 Å². The lowest BCUT2D eigenvalue weighted by Crippen LogP contribution is -2.34. The fourth-order valence-corrected chi connectivity index (χ4v) is 1.57. The number of methoxy groups -OCH3 is 1. The van der Waals surface area contributed by atoms with E-state index in [1.165, 1.54) is 7.11 Å². The van der Waals surface area contributed by atoms with E-state index in [1.54, 1.807) is 12.1 Å². The topological polar surface area (TPSA) is 55.4 Å². The first-order chi connectivity index (χ1) is 7.69. The van der Waals surface area contributed by atoms with Gasteiger partial charge in [0.2, 0.25) is 0 Å². The number of nitrogens with one attached hydrogen (secondary N) is 1. The molecule has 1 aromatic rings. The molecule has 0 aliphatic carbocycles. The molecule has 4 nitrogen and oxygen atoms in total. The van der Waals surface area contributed by atoms with Crippen molar-refractivity contribution in [2.24, 2.45) is 0 Å². The second-order valence-corrected chi connectivity index (χ2v) is 3.64. The van der Waals surface area contributed by atoms with E-state index in [9.17, 15) is 9.59 Å². The third-order valence-electron chi connectivity index (χ3n) is 2.03. The monoisotopic (exact) mass is 285 g/mol. The Morgan fingerprint density at radius 3 is 2.50 bits per heavy atom. The van der Waals surface area contributed by atoms with E-state index < -0.39 is 12.1 Å². The number of alkyl halides is 1. The molecule has 1 rings (SSSR count). The lowest BCUT2D eigenvalue weighted by Gasteiger charge is -2.15. The van der Waals surface area contributed by atoms with Gasteiger partial charge in [-0.05, 0) is 5.56 Å². The van der Waals surface area contributed by atoms with Crippen LogP contribution in [0.2, 0.25) is 0 Å². The molecule has 0 aliphatic heterocycles. The molecular weight excluding hydrogens is 274 g/mol. The number of amides is 1. The maximum absolute atomic E-state index is 11.6. The first kappa shape index (κ1) is 12.7. The Balaban J connectivity index is 2.88. The van der Waals surface area contributed by atoms with E-state index >= 15 is 0 Å². The van der Waals surface area contributed by atoms with Crippen molar-refractivity contribution >= 4 is 27.8 Å². The summed E-state index contributed by atoms with van der Waals surface area (Å²) >= 11 is 3.08. The highest BCUT2D eigenvalue weighted by Gasteiger charge is 2.21. The molecule has 0 aliphatic rings. The lowest BCUT2D eigenvalue weighted by atomic mass is 10.0. The van der Waals surface area contributed by atoms with E-state index in [0.29, 0.717) is 0 Å². The molecule has 0 heterocycles. The molecule has 0 radical (unpaired) electrons. The predicted molar refractivity (Wildman–Crippen MR) is 63.5 cm³/mol. The Kier molecular flexibility index (Phi) is 4.98. The van der Waals surface area contributed by atoms with Gasteiger partial charge in [-0.2, -0.15) is 0 Å². The van der Waals surface area contributed by atoms with Crippen LogP contribution in [-0.2, 0) is 9.53 Å². The number of hydrogen-bond donors (Lipinski definition) is 1. The predicted octanol–water partition coefficient (Wildman–Crippen LogP) is 2.05. The van der Waals surface area contributed by atoms with E-state index in [0.717, 1.165) is 5.56 Å². The normalized spacial score (nSPS) is 11.6. The van der Waals surface area contributed by atoms with Crippen LogP contribution in [0.3, 0.4) is 0 Å². The average molecular weight is 286 g/mol. The summed E-state index contributed by atoms with van der Waals surface area (Å²) in [5.41, 5.74) is 0.734. The molecule has 86 valence electrons. The third-order valence-corrected chi connectivity index (χ3v) is 2.59. The van der Waals surface area contributed by atoms with Gasteiger partial charge in [0.05, 0.1) is 12.4 Å². The molecule has 1 amide bonds. The molecule has 1 unspecified atom stereocenters. The number of carbonyl (C=O) groups is 2.